The SMILES string of the molecule is COc1ccc(CCl)cc1.COc1ccc(CO[C@H](C)c2cc(F)ccc2-n2ccc(C(F)(F)F)n2)cc1.C[C@@H](O)c1cc(F)ccc1-n1ccc(C(F)(F)F)n1. The van der Waals surface area contributed by atoms with Crippen LogP contribution in [0.1, 0.15) is 59.7 Å². The van der Waals surface area contributed by atoms with Gasteiger partial charge in [-0.25, -0.2) is 18.1 Å². The zero-order valence-electron chi connectivity index (χ0n) is 30.8. The normalized spacial score (nSPS) is 12.5. The third kappa shape index (κ3) is 12.5. The predicted molar refractivity (Wildman–Crippen MR) is 196 cm³/mol. The number of methoxy groups -OCH3 is 2. The van der Waals surface area contributed by atoms with Crippen LogP contribution in [0.2, 0.25) is 0 Å². The quantitative estimate of drug-likeness (QED) is 0.109. The number of alkyl halides is 7. The highest BCUT2D eigenvalue weighted by Gasteiger charge is 2.35. The highest BCUT2D eigenvalue weighted by atomic mass is 35.5. The van der Waals surface area contributed by atoms with E-state index in [1.54, 1.807) is 33.3 Å². The highest BCUT2D eigenvalue weighted by Crippen LogP contribution is 2.32. The Labute approximate surface area is 327 Å². The molecule has 2 aromatic heterocycles. The van der Waals surface area contributed by atoms with Crippen molar-refractivity contribution >= 4 is 11.6 Å². The lowest BCUT2D eigenvalue weighted by Gasteiger charge is -2.18. The molecule has 0 unspecified atom stereocenters. The van der Waals surface area contributed by atoms with E-state index in [2.05, 4.69) is 10.2 Å². The van der Waals surface area contributed by atoms with Gasteiger partial charge in [0.05, 0.1) is 44.4 Å². The Morgan fingerprint density at radius 3 is 1.44 bits per heavy atom. The smallest absolute Gasteiger partial charge is 0.435 e. The standard InChI is InChI=1S/C20H18F4N2O2.C12H10F4N2O.C8H9ClO/c1-13(28-12-14-3-6-16(27-2)7-4-14)17-11-15(21)5-8-18(17)26-10-9-19(25-26)20(22,23)24;1-7(19)9-6-8(13)2-3-10(9)18-5-4-11(17-18)12(14,15)16;1-10-8-4-2-7(6-9)3-5-8/h3-11,13H,12H2,1-2H3;2-7,19H,1H3;2-5H,6H2,1H3/t13-;7-;/m11./s1. The zero-order valence-corrected chi connectivity index (χ0v) is 31.6. The van der Waals surface area contributed by atoms with Crippen molar-refractivity contribution in [1.29, 1.82) is 0 Å². The number of aliphatic hydroxyl groups is 1. The van der Waals surface area contributed by atoms with Gasteiger partial charge in [-0.3, -0.25) is 0 Å². The fraction of sp³-hybridized carbons (Fsp3) is 0.250. The van der Waals surface area contributed by atoms with Crippen LogP contribution in [0.25, 0.3) is 11.4 Å². The van der Waals surface area contributed by atoms with Crippen LogP contribution >= 0.6 is 11.6 Å². The Bertz CT molecular complexity index is 2150. The number of hydrogen-bond donors (Lipinski definition) is 1. The number of aliphatic hydroxyl groups excluding tert-OH is 1. The van der Waals surface area contributed by atoms with Gasteiger partial charge in [-0.2, -0.15) is 36.5 Å². The molecule has 0 radical (unpaired) electrons. The number of rotatable bonds is 10. The molecule has 0 aliphatic heterocycles. The molecule has 0 fully saturated rings. The molecule has 6 rings (SSSR count). The number of halogens is 9. The summed E-state index contributed by atoms with van der Waals surface area (Å²) in [5, 5.41) is 16.5. The van der Waals surface area contributed by atoms with E-state index in [-0.39, 0.29) is 17.9 Å². The first kappa shape index (κ1) is 44.3. The van der Waals surface area contributed by atoms with Crippen LogP contribution in [0.3, 0.4) is 0 Å². The van der Waals surface area contributed by atoms with Crippen LogP contribution in [0, 0.1) is 11.6 Å². The first-order chi connectivity index (χ1) is 26.9. The van der Waals surface area contributed by atoms with Gasteiger partial charge in [-0.05, 0) is 97.8 Å². The Morgan fingerprint density at radius 2 is 1.05 bits per heavy atom. The van der Waals surface area contributed by atoms with Crippen molar-refractivity contribution in [3.63, 3.8) is 0 Å². The largest absolute Gasteiger partial charge is 0.497 e. The minimum atomic E-state index is -4.55. The monoisotopic (exact) mass is 824 g/mol. The maximum Gasteiger partial charge on any atom is 0.435 e. The number of benzene rings is 4. The summed E-state index contributed by atoms with van der Waals surface area (Å²) in [5.74, 6) is 1.05. The van der Waals surface area contributed by atoms with Gasteiger partial charge in [-0.15, -0.1) is 11.6 Å². The minimum absolute atomic E-state index is 0.164. The molecule has 304 valence electrons. The molecule has 17 heteroatoms. The summed E-state index contributed by atoms with van der Waals surface area (Å²) in [6.45, 7) is 3.34. The van der Waals surface area contributed by atoms with Crippen LogP contribution in [0.4, 0.5) is 35.1 Å². The summed E-state index contributed by atoms with van der Waals surface area (Å²) < 4.78 is 121. The molecule has 2 atom stereocenters. The van der Waals surface area contributed by atoms with Crippen molar-refractivity contribution in [2.75, 3.05) is 14.2 Å². The highest BCUT2D eigenvalue weighted by molar-refractivity contribution is 6.17. The van der Waals surface area contributed by atoms with Gasteiger partial charge < -0.3 is 19.3 Å². The summed E-state index contributed by atoms with van der Waals surface area (Å²) >= 11 is 5.58. The van der Waals surface area contributed by atoms with Crippen LogP contribution in [-0.2, 0) is 29.6 Å². The third-order valence-electron chi connectivity index (χ3n) is 8.09. The van der Waals surface area contributed by atoms with E-state index in [4.69, 9.17) is 25.8 Å². The Hall–Kier alpha value is -5.45. The van der Waals surface area contributed by atoms with E-state index >= 15 is 0 Å². The third-order valence-corrected chi connectivity index (χ3v) is 8.40. The Morgan fingerprint density at radius 1 is 0.632 bits per heavy atom. The molecule has 0 saturated heterocycles. The van der Waals surface area contributed by atoms with Gasteiger partial charge in [0.2, 0.25) is 0 Å². The lowest BCUT2D eigenvalue weighted by molar-refractivity contribution is -0.142. The second kappa shape index (κ2) is 19.6. The minimum Gasteiger partial charge on any atom is -0.497 e. The van der Waals surface area contributed by atoms with Crippen LogP contribution in [0.15, 0.2) is 109 Å². The maximum atomic E-state index is 13.8. The van der Waals surface area contributed by atoms with E-state index < -0.39 is 47.6 Å². The fourth-order valence-electron chi connectivity index (χ4n) is 5.09. The molecule has 4 aromatic carbocycles. The summed E-state index contributed by atoms with van der Waals surface area (Å²) in [5.41, 5.74) is 1.00. The molecular formula is C40H37ClF8N4O4. The van der Waals surface area contributed by atoms with E-state index in [9.17, 15) is 40.2 Å². The molecule has 0 spiro atoms. The van der Waals surface area contributed by atoms with Crippen molar-refractivity contribution in [1.82, 2.24) is 19.6 Å². The number of nitrogens with zero attached hydrogens (tertiary/aromatic N) is 4. The van der Waals surface area contributed by atoms with Gasteiger partial charge in [0.25, 0.3) is 0 Å². The van der Waals surface area contributed by atoms with Gasteiger partial charge in [0, 0.05) is 29.4 Å². The molecule has 6 aromatic rings. The molecule has 0 saturated carbocycles. The second-order valence-corrected chi connectivity index (χ2v) is 12.4. The summed E-state index contributed by atoms with van der Waals surface area (Å²) in [6, 6.07) is 23.9. The Kier molecular flexibility index (Phi) is 15.2. The Balaban J connectivity index is 0.000000213. The molecule has 1 N–H and O–H groups in total. The van der Waals surface area contributed by atoms with E-state index in [0.29, 0.717) is 22.9 Å². The lowest BCUT2D eigenvalue weighted by atomic mass is 10.1. The van der Waals surface area contributed by atoms with Crippen molar-refractivity contribution in [3.8, 4) is 22.9 Å². The molecular weight excluding hydrogens is 788 g/mol. The van der Waals surface area contributed by atoms with Crippen molar-refractivity contribution < 1.29 is 54.4 Å². The van der Waals surface area contributed by atoms with E-state index in [1.165, 1.54) is 37.4 Å². The van der Waals surface area contributed by atoms with E-state index in [0.717, 1.165) is 56.7 Å². The van der Waals surface area contributed by atoms with Crippen molar-refractivity contribution in [2.45, 2.75) is 50.9 Å². The van der Waals surface area contributed by atoms with Gasteiger partial charge in [0.15, 0.2) is 11.4 Å². The molecule has 57 heavy (non-hydrogen) atoms. The topological polar surface area (TPSA) is 83.6 Å². The molecule has 0 aliphatic carbocycles. The van der Waals surface area contributed by atoms with Gasteiger partial charge >= 0.3 is 12.4 Å². The predicted octanol–water partition coefficient (Wildman–Crippen LogP) is 10.8. The summed E-state index contributed by atoms with van der Waals surface area (Å²) in [7, 11) is 3.22. The summed E-state index contributed by atoms with van der Waals surface area (Å²) in [4.78, 5) is 0. The van der Waals surface area contributed by atoms with Gasteiger partial charge in [-0.1, -0.05) is 24.3 Å². The zero-order chi connectivity index (χ0) is 41.9. The number of hydrogen-bond acceptors (Lipinski definition) is 6. The van der Waals surface area contributed by atoms with Crippen molar-refractivity contribution in [2.24, 2.45) is 0 Å². The molecule has 0 amide bonds. The fourth-order valence-corrected chi connectivity index (χ4v) is 5.27. The summed E-state index contributed by atoms with van der Waals surface area (Å²) in [6.07, 6.45) is -8.40. The first-order valence-corrected chi connectivity index (χ1v) is 17.4. The average molecular weight is 825 g/mol. The lowest BCUT2D eigenvalue weighted by Crippen LogP contribution is -2.10. The second-order valence-electron chi connectivity index (χ2n) is 12.2. The van der Waals surface area contributed by atoms with Crippen LogP contribution in [-0.4, -0.2) is 38.9 Å². The first-order valence-electron chi connectivity index (χ1n) is 16.9. The average Bonchev–Trinajstić information content (AvgIpc) is 3.90. The molecule has 0 bridgehead atoms. The molecule has 0 aliphatic rings. The van der Waals surface area contributed by atoms with Crippen LogP contribution in [0.5, 0.6) is 11.5 Å². The maximum absolute atomic E-state index is 13.8. The van der Waals surface area contributed by atoms with E-state index in [1.807, 2.05) is 36.4 Å². The molecule has 8 nitrogen and oxygen atoms in total. The van der Waals surface area contributed by atoms with Crippen LogP contribution < -0.4 is 9.47 Å². The van der Waals surface area contributed by atoms with Crippen molar-refractivity contribution in [3.05, 3.63) is 155 Å². The molecule has 2 heterocycles. The number of aromatic nitrogens is 4. The van der Waals surface area contributed by atoms with Gasteiger partial charge in [0.1, 0.15) is 23.1 Å². The number of ether oxygens (including phenoxy) is 3.